The molecule has 17 heavy (non-hydrogen) atoms. The molecule has 0 bridgehead atoms. The molecule has 0 radical (unpaired) electrons. The van der Waals surface area contributed by atoms with Crippen molar-refractivity contribution in [3.8, 4) is 6.07 Å². The van der Waals surface area contributed by atoms with Crippen molar-refractivity contribution >= 4 is 23.4 Å². The Morgan fingerprint density at radius 2 is 2.35 bits per heavy atom. The Morgan fingerprint density at radius 3 is 2.88 bits per heavy atom. The van der Waals surface area contributed by atoms with Crippen LogP contribution in [-0.4, -0.2) is 23.8 Å². The summed E-state index contributed by atoms with van der Waals surface area (Å²) < 4.78 is 4.43. The topological polar surface area (TPSA) is 93.2 Å². The maximum Gasteiger partial charge on any atom is 0.315 e. The molecular formula is C10H8N2O4S. The highest BCUT2D eigenvalue weighted by atomic mass is 32.2. The van der Waals surface area contributed by atoms with Gasteiger partial charge in [-0.25, -0.2) is 0 Å². The van der Waals surface area contributed by atoms with Gasteiger partial charge in [-0.05, 0) is 6.07 Å². The number of nitriles is 1. The number of rotatable bonds is 4. The van der Waals surface area contributed by atoms with E-state index in [1.54, 1.807) is 0 Å². The second-order valence-electron chi connectivity index (χ2n) is 2.89. The molecule has 0 saturated heterocycles. The van der Waals surface area contributed by atoms with Gasteiger partial charge < -0.3 is 4.74 Å². The summed E-state index contributed by atoms with van der Waals surface area (Å²) in [7, 11) is 1.23. The van der Waals surface area contributed by atoms with E-state index in [-0.39, 0.29) is 21.9 Å². The normalized spacial score (nSPS) is 9.41. The third-order valence-corrected chi connectivity index (χ3v) is 2.97. The highest BCUT2D eigenvalue weighted by Crippen LogP contribution is 2.32. The van der Waals surface area contributed by atoms with Gasteiger partial charge in [-0.2, -0.15) is 5.26 Å². The molecule has 0 atom stereocenters. The summed E-state index contributed by atoms with van der Waals surface area (Å²) in [5.41, 5.74) is -0.00828. The summed E-state index contributed by atoms with van der Waals surface area (Å²) in [6.45, 7) is 0. The smallest absolute Gasteiger partial charge is 0.315 e. The lowest BCUT2D eigenvalue weighted by atomic mass is 10.2. The van der Waals surface area contributed by atoms with Crippen molar-refractivity contribution in [3.05, 3.63) is 33.9 Å². The molecule has 0 unspecified atom stereocenters. The highest BCUT2D eigenvalue weighted by molar-refractivity contribution is 8.00. The van der Waals surface area contributed by atoms with Gasteiger partial charge in [-0.1, -0.05) is 6.07 Å². The van der Waals surface area contributed by atoms with E-state index in [1.807, 2.05) is 6.07 Å². The number of thioether (sulfide) groups is 1. The van der Waals surface area contributed by atoms with E-state index in [1.165, 1.54) is 25.3 Å². The molecule has 0 heterocycles. The number of carbonyl (C=O) groups excluding carboxylic acids is 1. The third-order valence-electron chi connectivity index (χ3n) is 1.87. The maximum absolute atomic E-state index is 11.0. The minimum atomic E-state index is -0.583. The van der Waals surface area contributed by atoms with Crippen molar-refractivity contribution < 1.29 is 14.5 Å². The van der Waals surface area contributed by atoms with Crippen molar-refractivity contribution in [3.63, 3.8) is 0 Å². The number of esters is 1. The molecule has 1 aromatic rings. The molecule has 0 saturated carbocycles. The Kier molecular flexibility index (Phi) is 4.48. The summed E-state index contributed by atoms with van der Waals surface area (Å²) in [4.78, 5) is 21.3. The van der Waals surface area contributed by atoms with Gasteiger partial charge in [0, 0.05) is 6.07 Å². The minimum absolute atomic E-state index is 0.0734. The molecule has 6 nitrogen and oxygen atoms in total. The first-order valence-electron chi connectivity index (χ1n) is 4.47. The molecule has 0 amide bonds. The summed E-state index contributed by atoms with van der Waals surface area (Å²) in [5.74, 6) is -0.576. The van der Waals surface area contributed by atoms with Gasteiger partial charge in [0.2, 0.25) is 0 Å². The molecule has 88 valence electrons. The molecule has 0 aliphatic carbocycles. The predicted molar refractivity (Wildman–Crippen MR) is 60.6 cm³/mol. The van der Waals surface area contributed by atoms with Crippen LogP contribution in [0, 0.1) is 21.4 Å². The molecule has 0 spiro atoms. The van der Waals surface area contributed by atoms with Crippen molar-refractivity contribution in [2.45, 2.75) is 4.90 Å². The monoisotopic (exact) mass is 252 g/mol. The largest absolute Gasteiger partial charge is 0.468 e. The van der Waals surface area contributed by atoms with Crippen molar-refractivity contribution in [2.75, 3.05) is 12.9 Å². The maximum atomic E-state index is 11.0. The average molecular weight is 252 g/mol. The lowest BCUT2D eigenvalue weighted by molar-refractivity contribution is -0.387. The van der Waals surface area contributed by atoms with Crippen LogP contribution in [0.4, 0.5) is 5.69 Å². The number of ether oxygens (including phenoxy) is 1. The van der Waals surface area contributed by atoms with E-state index < -0.39 is 10.9 Å². The zero-order valence-corrected chi connectivity index (χ0v) is 9.69. The SMILES string of the molecule is COC(=O)CSc1c(C#N)cccc1[N+](=O)[O-]. The lowest BCUT2D eigenvalue weighted by Crippen LogP contribution is -2.04. The number of benzene rings is 1. The number of carbonyl (C=O) groups is 1. The predicted octanol–water partition coefficient (Wildman–Crippen LogP) is 1.73. The molecular weight excluding hydrogens is 244 g/mol. The van der Waals surface area contributed by atoms with Crippen LogP contribution in [0.2, 0.25) is 0 Å². The first-order valence-corrected chi connectivity index (χ1v) is 5.45. The Bertz CT molecular complexity index is 496. The van der Waals surface area contributed by atoms with Crippen molar-refractivity contribution in [2.24, 2.45) is 0 Å². The Morgan fingerprint density at radius 1 is 1.65 bits per heavy atom. The third kappa shape index (κ3) is 3.19. The fraction of sp³-hybridized carbons (Fsp3) is 0.200. The Hall–Kier alpha value is -2.07. The second-order valence-corrected chi connectivity index (χ2v) is 3.87. The standard InChI is InChI=1S/C10H8N2O4S/c1-16-9(13)6-17-10-7(5-11)3-2-4-8(10)12(14)15/h2-4H,6H2,1H3. The highest BCUT2D eigenvalue weighted by Gasteiger charge is 2.19. The van der Waals surface area contributed by atoms with Gasteiger partial charge >= 0.3 is 5.97 Å². The van der Waals surface area contributed by atoms with Gasteiger partial charge in [-0.3, -0.25) is 14.9 Å². The first kappa shape index (κ1) is 13.0. The van der Waals surface area contributed by atoms with E-state index in [9.17, 15) is 14.9 Å². The van der Waals surface area contributed by atoms with Gasteiger partial charge in [-0.15, -0.1) is 11.8 Å². The summed E-state index contributed by atoms with van der Waals surface area (Å²) in [5, 5.41) is 19.6. The van der Waals surface area contributed by atoms with Crippen LogP contribution in [-0.2, 0) is 9.53 Å². The van der Waals surface area contributed by atoms with E-state index in [0.29, 0.717) is 0 Å². The Labute approximate surface area is 101 Å². The van der Waals surface area contributed by atoms with E-state index in [0.717, 1.165) is 11.8 Å². The quantitative estimate of drug-likeness (QED) is 0.350. The van der Waals surface area contributed by atoms with Gasteiger partial charge in [0.25, 0.3) is 5.69 Å². The zero-order chi connectivity index (χ0) is 12.8. The number of hydrogen-bond acceptors (Lipinski definition) is 6. The fourth-order valence-electron chi connectivity index (χ4n) is 1.10. The molecule has 0 aliphatic heterocycles. The van der Waals surface area contributed by atoms with Crippen LogP contribution in [0.1, 0.15) is 5.56 Å². The molecule has 0 N–H and O–H groups in total. The zero-order valence-electron chi connectivity index (χ0n) is 8.87. The van der Waals surface area contributed by atoms with E-state index in [2.05, 4.69) is 4.74 Å². The number of hydrogen-bond donors (Lipinski definition) is 0. The van der Waals surface area contributed by atoms with Gasteiger partial charge in [0.05, 0.1) is 23.3 Å². The molecule has 0 fully saturated rings. The van der Waals surface area contributed by atoms with Crippen LogP contribution in [0.25, 0.3) is 0 Å². The van der Waals surface area contributed by atoms with Crippen LogP contribution < -0.4 is 0 Å². The summed E-state index contributed by atoms with van der Waals surface area (Å²) in [6.07, 6.45) is 0. The average Bonchev–Trinajstić information content (AvgIpc) is 2.35. The van der Waals surface area contributed by atoms with E-state index >= 15 is 0 Å². The van der Waals surface area contributed by atoms with Crippen LogP contribution in [0.3, 0.4) is 0 Å². The minimum Gasteiger partial charge on any atom is -0.468 e. The molecule has 7 heteroatoms. The number of nitrogens with zero attached hydrogens (tertiary/aromatic N) is 2. The van der Waals surface area contributed by atoms with Crippen LogP contribution in [0.5, 0.6) is 0 Å². The molecule has 1 aromatic carbocycles. The number of nitro benzene ring substituents is 1. The van der Waals surface area contributed by atoms with Gasteiger partial charge in [0.1, 0.15) is 11.0 Å². The summed E-state index contributed by atoms with van der Waals surface area (Å²) in [6, 6.07) is 6.04. The molecule has 1 rings (SSSR count). The van der Waals surface area contributed by atoms with E-state index in [4.69, 9.17) is 5.26 Å². The Balaban J connectivity index is 3.06. The van der Waals surface area contributed by atoms with Crippen molar-refractivity contribution in [1.29, 1.82) is 5.26 Å². The number of nitro groups is 1. The number of methoxy groups -OCH3 is 1. The summed E-state index contributed by atoms with van der Waals surface area (Å²) >= 11 is 0.921. The molecule has 0 aromatic heterocycles. The first-order chi connectivity index (χ1) is 8.10. The fourth-order valence-corrected chi connectivity index (χ4v) is 2.04. The van der Waals surface area contributed by atoms with Crippen molar-refractivity contribution in [1.82, 2.24) is 0 Å². The molecule has 0 aliphatic rings. The second kappa shape index (κ2) is 5.86. The lowest BCUT2D eigenvalue weighted by Gasteiger charge is -2.03. The van der Waals surface area contributed by atoms with Crippen LogP contribution >= 0.6 is 11.8 Å². The van der Waals surface area contributed by atoms with Gasteiger partial charge in [0.15, 0.2) is 0 Å². The van der Waals surface area contributed by atoms with Crippen LogP contribution in [0.15, 0.2) is 23.1 Å².